The van der Waals surface area contributed by atoms with Crippen LogP contribution < -0.4 is 15.5 Å². The van der Waals surface area contributed by atoms with Crippen LogP contribution in [0.3, 0.4) is 0 Å². The van der Waals surface area contributed by atoms with Gasteiger partial charge in [-0.25, -0.2) is 0 Å². The van der Waals surface area contributed by atoms with E-state index in [2.05, 4.69) is 48.4 Å². The zero-order chi connectivity index (χ0) is 14.8. The molecule has 0 heterocycles. The van der Waals surface area contributed by atoms with Gasteiger partial charge in [-0.15, -0.1) is 0 Å². The lowest BCUT2D eigenvalue weighted by Gasteiger charge is -2.21. The molecule has 0 aliphatic carbocycles. The van der Waals surface area contributed by atoms with E-state index in [0.29, 0.717) is 6.54 Å². The van der Waals surface area contributed by atoms with Crippen LogP contribution in [0.25, 0.3) is 0 Å². The molecule has 0 bridgehead atoms. The van der Waals surface area contributed by atoms with Gasteiger partial charge in [0.2, 0.25) is 5.91 Å². The molecule has 112 valence electrons. The lowest BCUT2D eigenvalue weighted by molar-refractivity contribution is -0.119. The highest BCUT2D eigenvalue weighted by Gasteiger charge is 2.03. The molecule has 1 rings (SSSR count). The molecule has 0 atom stereocenters. The second kappa shape index (κ2) is 9.23. The Balaban J connectivity index is 2.39. The molecule has 4 heteroatoms. The van der Waals surface area contributed by atoms with Gasteiger partial charge in [0.15, 0.2) is 0 Å². The number of carbonyl (C=O) groups excluding carboxylic acids is 1. The first-order chi connectivity index (χ1) is 9.71. The number of unbranched alkanes of at least 4 members (excludes halogenated alkanes) is 1. The third-order valence-corrected chi connectivity index (χ3v) is 3.30. The molecule has 0 aliphatic heterocycles. The van der Waals surface area contributed by atoms with Crippen molar-refractivity contribution in [3.8, 4) is 0 Å². The molecule has 0 fully saturated rings. The van der Waals surface area contributed by atoms with Gasteiger partial charge in [0.1, 0.15) is 0 Å². The second-order valence-corrected chi connectivity index (χ2v) is 4.78. The Morgan fingerprint density at radius 3 is 2.30 bits per heavy atom. The number of hydrogen-bond donors (Lipinski definition) is 2. The summed E-state index contributed by atoms with van der Waals surface area (Å²) in [6.45, 7) is 9.51. The second-order valence-electron chi connectivity index (χ2n) is 4.78. The molecule has 1 aromatic rings. The number of nitrogens with zero attached hydrogens (tertiary/aromatic N) is 1. The Bertz CT molecular complexity index is 385. The van der Waals surface area contributed by atoms with Crippen molar-refractivity contribution in [2.45, 2.75) is 33.6 Å². The summed E-state index contributed by atoms with van der Waals surface area (Å²) in [5, 5.41) is 6.03. The highest BCUT2D eigenvalue weighted by molar-refractivity contribution is 5.80. The van der Waals surface area contributed by atoms with Crippen molar-refractivity contribution >= 4 is 17.3 Å². The summed E-state index contributed by atoms with van der Waals surface area (Å²) in [5.41, 5.74) is 2.19. The van der Waals surface area contributed by atoms with Crippen molar-refractivity contribution in [3.05, 3.63) is 24.3 Å². The highest BCUT2D eigenvalue weighted by atomic mass is 16.1. The maximum Gasteiger partial charge on any atom is 0.239 e. The van der Waals surface area contributed by atoms with Gasteiger partial charge in [-0.1, -0.05) is 13.3 Å². The lowest BCUT2D eigenvalue weighted by atomic mass is 10.2. The lowest BCUT2D eigenvalue weighted by Crippen LogP contribution is -2.30. The largest absolute Gasteiger partial charge is 0.376 e. The molecule has 2 N–H and O–H groups in total. The fourth-order valence-corrected chi connectivity index (χ4v) is 2.03. The molecule has 0 unspecified atom stereocenters. The van der Waals surface area contributed by atoms with Gasteiger partial charge in [-0.05, 0) is 44.5 Å². The van der Waals surface area contributed by atoms with E-state index >= 15 is 0 Å². The van der Waals surface area contributed by atoms with Crippen LogP contribution in [0.2, 0.25) is 0 Å². The topological polar surface area (TPSA) is 44.4 Å². The molecule has 4 nitrogen and oxygen atoms in total. The van der Waals surface area contributed by atoms with Crippen LogP contribution >= 0.6 is 0 Å². The molecule has 0 aromatic heterocycles. The Morgan fingerprint density at radius 2 is 1.75 bits per heavy atom. The monoisotopic (exact) mass is 277 g/mol. The first-order valence-electron chi connectivity index (χ1n) is 7.56. The van der Waals surface area contributed by atoms with E-state index in [0.717, 1.165) is 38.2 Å². The van der Waals surface area contributed by atoms with Gasteiger partial charge >= 0.3 is 0 Å². The van der Waals surface area contributed by atoms with Gasteiger partial charge in [0.25, 0.3) is 0 Å². The predicted octanol–water partition coefficient (Wildman–Crippen LogP) is 2.86. The summed E-state index contributed by atoms with van der Waals surface area (Å²) in [7, 11) is 0. The van der Waals surface area contributed by atoms with Crippen molar-refractivity contribution in [3.63, 3.8) is 0 Å². The molecule has 0 saturated carbocycles. The van der Waals surface area contributed by atoms with Gasteiger partial charge in [-0.2, -0.15) is 0 Å². The van der Waals surface area contributed by atoms with Crippen LogP contribution in [0, 0.1) is 0 Å². The average molecular weight is 277 g/mol. The fraction of sp³-hybridized carbons (Fsp3) is 0.562. The van der Waals surface area contributed by atoms with Crippen LogP contribution in [-0.4, -0.2) is 32.1 Å². The fourth-order valence-electron chi connectivity index (χ4n) is 2.03. The molecular formula is C16H27N3O. The van der Waals surface area contributed by atoms with Crippen molar-refractivity contribution in [1.29, 1.82) is 0 Å². The first kappa shape index (κ1) is 16.3. The van der Waals surface area contributed by atoms with Gasteiger partial charge in [-0.3, -0.25) is 4.79 Å². The zero-order valence-corrected chi connectivity index (χ0v) is 12.9. The van der Waals surface area contributed by atoms with E-state index in [1.165, 1.54) is 5.69 Å². The summed E-state index contributed by atoms with van der Waals surface area (Å²) in [4.78, 5) is 13.9. The van der Waals surface area contributed by atoms with Crippen LogP contribution in [0.1, 0.15) is 33.6 Å². The summed E-state index contributed by atoms with van der Waals surface area (Å²) < 4.78 is 0. The Kier molecular flexibility index (Phi) is 7.55. The number of hydrogen-bond acceptors (Lipinski definition) is 3. The SMILES string of the molecule is CCCCNC(=O)CNc1ccc(N(CC)CC)cc1. The minimum Gasteiger partial charge on any atom is -0.376 e. The average Bonchev–Trinajstić information content (AvgIpc) is 2.48. The van der Waals surface area contributed by atoms with E-state index in [4.69, 9.17) is 0 Å². The quantitative estimate of drug-likeness (QED) is 0.682. The summed E-state index contributed by atoms with van der Waals surface area (Å²) in [6, 6.07) is 8.22. The maximum absolute atomic E-state index is 11.6. The van der Waals surface area contributed by atoms with Crippen molar-refractivity contribution in [2.75, 3.05) is 36.4 Å². The molecule has 0 aliphatic rings. The van der Waals surface area contributed by atoms with Crippen LogP contribution in [-0.2, 0) is 4.79 Å². The third-order valence-electron chi connectivity index (χ3n) is 3.30. The first-order valence-corrected chi connectivity index (χ1v) is 7.56. The Hall–Kier alpha value is -1.71. The summed E-state index contributed by atoms with van der Waals surface area (Å²) in [5.74, 6) is 0.0475. The number of rotatable bonds is 9. The molecular weight excluding hydrogens is 250 g/mol. The molecule has 0 spiro atoms. The number of amides is 1. The highest BCUT2D eigenvalue weighted by Crippen LogP contribution is 2.17. The minimum absolute atomic E-state index is 0.0475. The summed E-state index contributed by atoms with van der Waals surface area (Å²) in [6.07, 6.45) is 2.13. The number of carbonyl (C=O) groups is 1. The molecule has 0 radical (unpaired) electrons. The third kappa shape index (κ3) is 5.51. The Labute approximate surface area is 122 Å². The van der Waals surface area contributed by atoms with Crippen LogP contribution in [0.4, 0.5) is 11.4 Å². The maximum atomic E-state index is 11.6. The van der Waals surface area contributed by atoms with E-state index in [1.807, 2.05) is 12.1 Å². The number of benzene rings is 1. The molecule has 1 aromatic carbocycles. The van der Waals surface area contributed by atoms with Crippen LogP contribution in [0.5, 0.6) is 0 Å². The van der Waals surface area contributed by atoms with E-state index in [9.17, 15) is 4.79 Å². The molecule has 0 saturated heterocycles. The van der Waals surface area contributed by atoms with E-state index in [-0.39, 0.29) is 5.91 Å². The Morgan fingerprint density at radius 1 is 1.10 bits per heavy atom. The van der Waals surface area contributed by atoms with E-state index < -0.39 is 0 Å². The van der Waals surface area contributed by atoms with E-state index in [1.54, 1.807) is 0 Å². The van der Waals surface area contributed by atoms with Gasteiger partial charge in [0.05, 0.1) is 6.54 Å². The van der Waals surface area contributed by atoms with Crippen molar-refractivity contribution in [1.82, 2.24) is 5.32 Å². The van der Waals surface area contributed by atoms with Crippen molar-refractivity contribution in [2.24, 2.45) is 0 Å². The van der Waals surface area contributed by atoms with Gasteiger partial charge < -0.3 is 15.5 Å². The minimum atomic E-state index is 0.0475. The normalized spacial score (nSPS) is 10.2. The zero-order valence-electron chi connectivity index (χ0n) is 12.9. The van der Waals surface area contributed by atoms with Crippen molar-refractivity contribution < 1.29 is 4.79 Å². The smallest absolute Gasteiger partial charge is 0.239 e. The molecule has 1 amide bonds. The predicted molar refractivity (Wildman–Crippen MR) is 86.4 cm³/mol. The molecule has 20 heavy (non-hydrogen) atoms. The standard InChI is InChI=1S/C16H27N3O/c1-4-7-12-17-16(20)13-18-14-8-10-15(11-9-14)19(5-2)6-3/h8-11,18H,4-7,12-13H2,1-3H3,(H,17,20). The summed E-state index contributed by atoms with van der Waals surface area (Å²) >= 11 is 0. The van der Waals surface area contributed by atoms with Crippen LogP contribution in [0.15, 0.2) is 24.3 Å². The number of nitrogens with one attached hydrogen (secondary N) is 2. The number of anilines is 2. The van der Waals surface area contributed by atoms with Gasteiger partial charge in [0, 0.05) is 31.0 Å².